The molecule has 0 radical (unpaired) electrons. The number of hydrogen-bond donors (Lipinski definition) is 1. The zero-order chi connectivity index (χ0) is 15.5. The second kappa shape index (κ2) is 6.91. The smallest absolute Gasteiger partial charge is 0.244 e. The molecule has 1 aromatic rings. The molecule has 1 saturated heterocycles. The Morgan fingerprint density at radius 3 is 2.81 bits per heavy atom. The van der Waals surface area contributed by atoms with Crippen LogP contribution in [0.3, 0.4) is 0 Å². The molecule has 6 nitrogen and oxygen atoms in total. The Labute approximate surface area is 126 Å². The first kappa shape index (κ1) is 16.5. The molecule has 2 heterocycles. The van der Waals surface area contributed by atoms with E-state index in [-0.39, 0.29) is 17.4 Å². The topological polar surface area (TPSA) is 71.8 Å². The molecule has 1 aliphatic heterocycles. The van der Waals surface area contributed by atoms with Crippen LogP contribution in [0.1, 0.15) is 25.5 Å². The van der Waals surface area contributed by atoms with Crippen molar-refractivity contribution in [3.63, 3.8) is 0 Å². The van der Waals surface area contributed by atoms with Crippen molar-refractivity contribution >= 4 is 10.0 Å². The summed E-state index contributed by atoms with van der Waals surface area (Å²) in [5.41, 5.74) is 0.616. The maximum atomic E-state index is 12.6. The van der Waals surface area contributed by atoms with Crippen LogP contribution in [-0.2, 0) is 27.9 Å². The van der Waals surface area contributed by atoms with Gasteiger partial charge in [0.2, 0.25) is 10.0 Å². The van der Waals surface area contributed by atoms with Gasteiger partial charge < -0.3 is 14.4 Å². The molecule has 1 N–H and O–H groups in total. The molecule has 1 unspecified atom stereocenters. The van der Waals surface area contributed by atoms with Gasteiger partial charge in [0.05, 0.1) is 13.2 Å². The molecule has 7 heteroatoms. The molecule has 1 atom stereocenters. The molecule has 0 bridgehead atoms. The molecule has 0 spiro atoms. The summed E-state index contributed by atoms with van der Waals surface area (Å²) in [5, 5.41) is 9.28. The summed E-state index contributed by atoms with van der Waals surface area (Å²) in [6.07, 6.45) is 3.58. The number of rotatable bonds is 6. The summed E-state index contributed by atoms with van der Waals surface area (Å²) in [6.45, 7) is 4.24. The lowest BCUT2D eigenvalue weighted by Gasteiger charge is -2.26. The van der Waals surface area contributed by atoms with Crippen LogP contribution in [-0.4, -0.2) is 49.2 Å². The number of hydrogen-bond acceptors (Lipinski definition) is 4. The molecule has 1 aliphatic rings. The minimum atomic E-state index is -3.51. The fourth-order valence-corrected chi connectivity index (χ4v) is 4.00. The highest BCUT2D eigenvalue weighted by Crippen LogP contribution is 2.21. The average Bonchev–Trinajstić information content (AvgIpc) is 2.92. The maximum absolute atomic E-state index is 12.6. The van der Waals surface area contributed by atoms with Crippen molar-refractivity contribution in [1.29, 1.82) is 0 Å². The van der Waals surface area contributed by atoms with E-state index in [1.807, 2.05) is 6.92 Å². The SMILES string of the molecule is CCn1cc(S(=O)(=O)N(C)CC2CCCOC2)cc1CO. The molecule has 1 aromatic heterocycles. The van der Waals surface area contributed by atoms with Crippen molar-refractivity contribution in [2.24, 2.45) is 5.92 Å². The van der Waals surface area contributed by atoms with E-state index in [2.05, 4.69) is 0 Å². The second-order valence-corrected chi connectivity index (χ2v) is 7.52. The van der Waals surface area contributed by atoms with E-state index in [1.54, 1.807) is 23.9 Å². The molecule has 0 saturated carbocycles. The van der Waals surface area contributed by atoms with Crippen molar-refractivity contribution in [3.05, 3.63) is 18.0 Å². The van der Waals surface area contributed by atoms with Crippen LogP contribution in [0, 0.1) is 5.92 Å². The molecule has 1 fully saturated rings. The average molecular weight is 316 g/mol. The van der Waals surface area contributed by atoms with Gasteiger partial charge in [0.25, 0.3) is 0 Å². The summed E-state index contributed by atoms with van der Waals surface area (Å²) in [5.74, 6) is 0.254. The van der Waals surface area contributed by atoms with Gasteiger partial charge in [-0.1, -0.05) is 0 Å². The summed E-state index contributed by atoms with van der Waals surface area (Å²) < 4.78 is 33.7. The van der Waals surface area contributed by atoms with E-state index in [0.29, 0.717) is 25.4 Å². The Morgan fingerprint density at radius 2 is 2.29 bits per heavy atom. The van der Waals surface area contributed by atoms with Gasteiger partial charge in [-0.15, -0.1) is 0 Å². The van der Waals surface area contributed by atoms with Gasteiger partial charge >= 0.3 is 0 Å². The third kappa shape index (κ3) is 3.66. The molecule has 21 heavy (non-hydrogen) atoms. The van der Waals surface area contributed by atoms with Crippen molar-refractivity contribution in [2.75, 3.05) is 26.8 Å². The molecule has 2 rings (SSSR count). The molecule has 0 amide bonds. The largest absolute Gasteiger partial charge is 0.390 e. The van der Waals surface area contributed by atoms with Crippen LogP contribution in [0.25, 0.3) is 0 Å². The maximum Gasteiger partial charge on any atom is 0.244 e. The predicted octanol–water partition coefficient (Wildman–Crippen LogP) is 1.05. The van der Waals surface area contributed by atoms with Crippen LogP contribution in [0.4, 0.5) is 0 Å². The van der Waals surface area contributed by atoms with Gasteiger partial charge in [0, 0.05) is 38.6 Å². The molecule has 0 aliphatic carbocycles. The summed E-state index contributed by atoms with van der Waals surface area (Å²) in [4.78, 5) is 0.243. The van der Waals surface area contributed by atoms with Crippen molar-refractivity contribution in [1.82, 2.24) is 8.87 Å². The van der Waals surface area contributed by atoms with E-state index in [4.69, 9.17) is 4.74 Å². The Morgan fingerprint density at radius 1 is 1.52 bits per heavy atom. The second-order valence-electron chi connectivity index (χ2n) is 5.48. The van der Waals surface area contributed by atoms with Crippen LogP contribution in [0.2, 0.25) is 0 Å². The molecular weight excluding hydrogens is 292 g/mol. The highest BCUT2D eigenvalue weighted by Gasteiger charge is 2.26. The number of ether oxygens (including phenoxy) is 1. The normalized spacial score (nSPS) is 20.1. The molecule has 120 valence electrons. The van der Waals surface area contributed by atoms with Gasteiger partial charge in [-0.25, -0.2) is 12.7 Å². The van der Waals surface area contributed by atoms with Gasteiger partial charge in [-0.2, -0.15) is 0 Å². The highest BCUT2D eigenvalue weighted by molar-refractivity contribution is 7.89. The van der Waals surface area contributed by atoms with Crippen LogP contribution < -0.4 is 0 Å². The van der Waals surface area contributed by atoms with E-state index in [9.17, 15) is 13.5 Å². The first-order valence-corrected chi connectivity index (χ1v) is 8.77. The Kier molecular flexibility index (Phi) is 5.43. The zero-order valence-corrected chi connectivity index (χ0v) is 13.5. The van der Waals surface area contributed by atoms with Crippen LogP contribution in [0.5, 0.6) is 0 Å². The summed E-state index contributed by atoms with van der Waals surface area (Å²) in [6, 6.07) is 1.55. The van der Waals surface area contributed by atoms with E-state index in [1.165, 1.54) is 4.31 Å². The van der Waals surface area contributed by atoms with E-state index in [0.717, 1.165) is 19.4 Å². The lowest BCUT2D eigenvalue weighted by Crippen LogP contribution is -2.35. The van der Waals surface area contributed by atoms with Crippen molar-refractivity contribution < 1.29 is 18.3 Å². The highest BCUT2D eigenvalue weighted by atomic mass is 32.2. The van der Waals surface area contributed by atoms with E-state index < -0.39 is 10.0 Å². The first-order valence-electron chi connectivity index (χ1n) is 7.33. The Balaban J connectivity index is 2.14. The minimum Gasteiger partial charge on any atom is -0.390 e. The van der Waals surface area contributed by atoms with Gasteiger partial charge in [-0.05, 0) is 31.7 Å². The molecular formula is C14H24N2O4S. The van der Waals surface area contributed by atoms with E-state index >= 15 is 0 Å². The van der Waals surface area contributed by atoms with Gasteiger partial charge in [-0.3, -0.25) is 0 Å². The van der Waals surface area contributed by atoms with Crippen molar-refractivity contribution in [3.8, 4) is 0 Å². The molecule has 0 aromatic carbocycles. The zero-order valence-electron chi connectivity index (χ0n) is 12.7. The Hall–Kier alpha value is -0.890. The number of aromatic nitrogens is 1. The summed E-state index contributed by atoms with van der Waals surface area (Å²) >= 11 is 0. The standard InChI is InChI=1S/C14H24N2O4S/c1-3-16-9-14(7-13(16)10-17)21(18,19)15(2)8-12-5-4-6-20-11-12/h7,9,12,17H,3-6,8,10-11H2,1-2H3. The lowest BCUT2D eigenvalue weighted by molar-refractivity contribution is 0.0495. The lowest BCUT2D eigenvalue weighted by atomic mass is 10.0. The number of sulfonamides is 1. The quantitative estimate of drug-likeness (QED) is 0.851. The number of aryl methyl sites for hydroxylation is 1. The van der Waals surface area contributed by atoms with Crippen LogP contribution >= 0.6 is 0 Å². The Bertz CT molecular complexity index is 540. The number of aliphatic hydroxyl groups excluding tert-OH is 1. The first-order chi connectivity index (χ1) is 9.98. The fraction of sp³-hybridized carbons (Fsp3) is 0.714. The summed E-state index contributed by atoms with van der Waals surface area (Å²) in [7, 11) is -1.91. The van der Waals surface area contributed by atoms with Gasteiger partial charge in [0.15, 0.2) is 0 Å². The minimum absolute atomic E-state index is 0.163. The van der Waals surface area contributed by atoms with Crippen LogP contribution in [0.15, 0.2) is 17.2 Å². The predicted molar refractivity (Wildman–Crippen MR) is 79.4 cm³/mol. The van der Waals surface area contributed by atoms with Crippen molar-refractivity contribution in [2.45, 2.75) is 37.8 Å². The monoisotopic (exact) mass is 316 g/mol. The third-order valence-electron chi connectivity index (χ3n) is 3.94. The fourth-order valence-electron chi connectivity index (χ4n) is 2.69. The third-order valence-corrected chi connectivity index (χ3v) is 5.73. The number of nitrogens with zero attached hydrogens (tertiary/aromatic N) is 2. The number of aliphatic hydroxyl groups is 1. The van der Waals surface area contributed by atoms with Gasteiger partial charge in [0.1, 0.15) is 4.90 Å².